The third-order valence-electron chi connectivity index (χ3n) is 3.14. The lowest BCUT2D eigenvalue weighted by molar-refractivity contribution is 0.169. The van der Waals surface area contributed by atoms with Gasteiger partial charge in [-0.25, -0.2) is 4.39 Å². The molecule has 0 fully saturated rings. The Balaban J connectivity index is 2.28. The van der Waals surface area contributed by atoms with Gasteiger partial charge in [0.2, 0.25) is 0 Å². The van der Waals surface area contributed by atoms with Crippen LogP contribution in [0.1, 0.15) is 17.2 Å². The zero-order valence-electron chi connectivity index (χ0n) is 11.5. The molecular formula is C16H17FO3. The molecule has 0 radical (unpaired) electrons. The molecule has 0 amide bonds. The smallest absolute Gasteiger partial charge is 0.128 e. The van der Waals surface area contributed by atoms with Gasteiger partial charge in [-0.3, -0.25) is 0 Å². The van der Waals surface area contributed by atoms with Gasteiger partial charge in [0.25, 0.3) is 0 Å². The fraction of sp³-hybridized carbons (Fsp3) is 0.250. The number of rotatable bonds is 5. The van der Waals surface area contributed by atoms with E-state index in [4.69, 9.17) is 9.47 Å². The van der Waals surface area contributed by atoms with Crippen molar-refractivity contribution in [2.24, 2.45) is 0 Å². The maximum atomic E-state index is 12.9. The molecule has 0 saturated heterocycles. The number of benzene rings is 2. The van der Waals surface area contributed by atoms with Crippen LogP contribution >= 0.6 is 0 Å². The first kappa shape index (κ1) is 14.3. The van der Waals surface area contributed by atoms with Crippen LogP contribution in [0, 0.1) is 5.82 Å². The average Bonchev–Trinajstić information content (AvgIpc) is 2.48. The van der Waals surface area contributed by atoms with Crippen molar-refractivity contribution in [3.8, 4) is 11.5 Å². The van der Waals surface area contributed by atoms with Crippen molar-refractivity contribution in [1.82, 2.24) is 0 Å². The monoisotopic (exact) mass is 276 g/mol. The molecule has 2 rings (SSSR count). The lowest BCUT2D eigenvalue weighted by Crippen LogP contribution is -2.06. The highest BCUT2D eigenvalue weighted by molar-refractivity contribution is 5.46. The SMILES string of the molecule is COc1cccc(OC)c1C(O)Cc1ccc(F)cc1. The van der Waals surface area contributed by atoms with Crippen LogP contribution in [0.2, 0.25) is 0 Å². The molecule has 106 valence electrons. The first-order valence-electron chi connectivity index (χ1n) is 6.29. The number of aliphatic hydroxyl groups is 1. The topological polar surface area (TPSA) is 38.7 Å². The predicted octanol–water partition coefficient (Wildman–Crippen LogP) is 3.12. The summed E-state index contributed by atoms with van der Waals surface area (Å²) in [7, 11) is 3.09. The Morgan fingerprint density at radius 1 is 1.00 bits per heavy atom. The Bertz CT molecular complexity index is 544. The molecule has 1 N–H and O–H groups in total. The molecule has 0 saturated carbocycles. The number of hydrogen-bond acceptors (Lipinski definition) is 3. The van der Waals surface area contributed by atoms with Gasteiger partial charge in [0.05, 0.1) is 25.9 Å². The third-order valence-corrected chi connectivity index (χ3v) is 3.14. The summed E-state index contributed by atoms with van der Waals surface area (Å²) in [6, 6.07) is 11.4. The summed E-state index contributed by atoms with van der Waals surface area (Å²) >= 11 is 0. The highest BCUT2D eigenvalue weighted by Gasteiger charge is 2.19. The van der Waals surface area contributed by atoms with Crippen molar-refractivity contribution < 1.29 is 19.0 Å². The second-order valence-corrected chi connectivity index (χ2v) is 4.42. The minimum atomic E-state index is -0.786. The molecule has 0 bridgehead atoms. The van der Waals surface area contributed by atoms with Gasteiger partial charge in [-0.15, -0.1) is 0 Å². The molecule has 0 aliphatic carbocycles. The average molecular weight is 276 g/mol. The minimum absolute atomic E-state index is 0.293. The van der Waals surface area contributed by atoms with E-state index < -0.39 is 6.10 Å². The van der Waals surface area contributed by atoms with Crippen LogP contribution in [0.15, 0.2) is 42.5 Å². The van der Waals surface area contributed by atoms with Crippen LogP contribution < -0.4 is 9.47 Å². The molecule has 0 aliphatic rings. The van der Waals surface area contributed by atoms with Gasteiger partial charge >= 0.3 is 0 Å². The molecule has 0 spiro atoms. The first-order valence-corrected chi connectivity index (χ1v) is 6.29. The zero-order chi connectivity index (χ0) is 14.5. The van der Waals surface area contributed by atoms with Crippen molar-refractivity contribution in [3.63, 3.8) is 0 Å². The summed E-state index contributed by atoms with van der Waals surface area (Å²) < 4.78 is 23.4. The second-order valence-electron chi connectivity index (χ2n) is 4.42. The maximum absolute atomic E-state index is 12.9. The highest BCUT2D eigenvalue weighted by atomic mass is 19.1. The van der Waals surface area contributed by atoms with Crippen molar-refractivity contribution in [2.45, 2.75) is 12.5 Å². The molecule has 0 aromatic heterocycles. The van der Waals surface area contributed by atoms with Crippen LogP contribution in [-0.4, -0.2) is 19.3 Å². The highest BCUT2D eigenvalue weighted by Crippen LogP contribution is 2.35. The molecule has 2 aromatic carbocycles. The third kappa shape index (κ3) is 3.08. The zero-order valence-corrected chi connectivity index (χ0v) is 11.5. The van der Waals surface area contributed by atoms with E-state index in [0.29, 0.717) is 23.5 Å². The van der Waals surface area contributed by atoms with E-state index in [1.54, 1.807) is 44.6 Å². The Morgan fingerprint density at radius 3 is 2.05 bits per heavy atom. The van der Waals surface area contributed by atoms with Crippen molar-refractivity contribution in [2.75, 3.05) is 14.2 Å². The number of ether oxygens (including phenoxy) is 2. The van der Waals surface area contributed by atoms with E-state index in [-0.39, 0.29) is 5.82 Å². The van der Waals surface area contributed by atoms with Crippen molar-refractivity contribution in [1.29, 1.82) is 0 Å². The van der Waals surface area contributed by atoms with Crippen molar-refractivity contribution in [3.05, 3.63) is 59.4 Å². The standard InChI is InChI=1S/C16H17FO3/c1-19-14-4-3-5-15(20-2)16(14)13(18)10-11-6-8-12(17)9-7-11/h3-9,13,18H,10H2,1-2H3. The van der Waals surface area contributed by atoms with E-state index in [2.05, 4.69) is 0 Å². The molecule has 0 aliphatic heterocycles. The van der Waals surface area contributed by atoms with Gasteiger partial charge in [-0.2, -0.15) is 0 Å². The van der Waals surface area contributed by atoms with E-state index >= 15 is 0 Å². The van der Waals surface area contributed by atoms with E-state index in [1.165, 1.54) is 12.1 Å². The summed E-state index contributed by atoms with van der Waals surface area (Å²) in [6.07, 6.45) is -0.427. The molecule has 1 atom stereocenters. The van der Waals surface area contributed by atoms with Gasteiger partial charge in [0.15, 0.2) is 0 Å². The summed E-state index contributed by atoms with van der Waals surface area (Å²) in [5.41, 5.74) is 1.44. The number of hydrogen-bond donors (Lipinski definition) is 1. The molecule has 4 heteroatoms. The molecule has 0 heterocycles. The fourth-order valence-corrected chi connectivity index (χ4v) is 2.15. The second kappa shape index (κ2) is 6.39. The van der Waals surface area contributed by atoms with Gasteiger partial charge in [0, 0.05) is 6.42 Å². The van der Waals surface area contributed by atoms with E-state index in [0.717, 1.165) is 5.56 Å². The Labute approximate surface area is 117 Å². The Hall–Kier alpha value is -2.07. The maximum Gasteiger partial charge on any atom is 0.128 e. The lowest BCUT2D eigenvalue weighted by atomic mass is 9.99. The number of halogens is 1. The van der Waals surface area contributed by atoms with Crippen LogP contribution in [0.3, 0.4) is 0 Å². The first-order chi connectivity index (χ1) is 9.65. The van der Waals surface area contributed by atoms with Crippen LogP contribution in [0.5, 0.6) is 11.5 Å². The van der Waals surface area contributed by atoms with Crippen LogP contribution in [0.25, 0.3) is 0 Å². The van der Waals surface area contributed by atoms with Crippen molar-refractivity contribution >= 4 is 0 Å². The largest absolute Gasteiger partial charge is 0.496 e. The molecule has 20 heavy (non-hydrogen) atoms. The van der Waals surface area contributed by atoms with Gasteiger partial charge in [-0.05, 0) is 29.8 Å². The Kier molecular flexibility index (Phi) is 4.58. The summed E-state index contributed by atoms with van der Waals surface area (Å²) in [5.74, 6) is 0.844. The van der Waals surface area contributed by atoms with Gasteiger partial charge in [-0.1, -0.05) is 18.2 Å². The molecular weight excluding hydrogens is 259 g/mol. The molecule has 2 aromatic rings. The van der Waals surface area contributed by atoms with Crippen LogP contribution in [0.4, 0.5) is 4.39 Å². The van der Waals surface area contributed by atoms with E-state index in [9.17, 15) is 9.50 Å². The fourth-order valence-electron chi connectivity index (χ4n) is 2.15. The predicted molar refractivity (Wildman–Crippen MR) is 74.6 cm³/mol. The van der Waals surface area contributed by atoms with Gasteiger partial charge < -0.3 is 14.6 Å². The number of methoxy groups -OCH3 is 2. The van der Waals surface area contributed by atoms with Crippen LogP contribution in [-0.2, 0) is 6.42 Å². The Morgan fingerprint density at radius 2 is 1.55 bits per heavy atom. The summed E-state index contributed by atoms with van der Waals surface area (Å²) in [4.78, 5) is 0. The molecule has 1 unspecified atom stereocenters. The van der Waals surface area contributed by atoms with E-state index in [1.807, 2.05) is 0 Å². The lowest BCUT2D eigenvalue weighted by Gasteiger charge is -2.18. The quantitative estimate of drug-likeness (QED) is 0.912. The summed E-state index contributed by atoms with van der Waals surface area (Å²) in [6.45, 7) is 0. The minimum Gasteiger partial charge on any atom is -0.496 e. The normalized spacial score (nSPS) is 12.0. The molecule has 3 nitrogen and oxygen atoms in total. The van der Waals surface area contributed by atoms with Gasteiger partial charge in [0.1, 0.15) is 17.3 Å². The summed E-state index contributed by atoms with van der Waals surface area (Å²) in [5, 5.41) is 10.4. The number of aliphatic hydroxyl groups excluding tert-OH is 1.